The van der Waals surface area contributed by atoms with Crippen molar-refractivity contribution in [2.24, 2.45) is 22.2 Å². The summed E-state index contributed by atoms with van der Waals surface area (Å²) in [6.07, 6.45) is 0.726. The fourth-order valence-corrected chi connectivity index (χ4v) is 0.796. The van der Waals surface area contributed by atoms with Crippen molar-refractivity contribution in [2.75, 3.05) is 7.05 Å². The summed E-state index contributed by atoms with van der Waals surface area (Å²) in [4.78, 5) is 14.0. The molecule has 6 heteroatoms. The molecule has 13 heavy (non-hydrogen) atoms. The zero-order valence-electron chi connectivity index (χ0n) is 7.60. The zero-order chi connectivity index (χ0) is 10.4. The van der Waals surface area contributed by atoms with Crippen molar-refractivity contribution in [3.8, 4) is 0 Å². The van der Waals surface area contributed by atoms with Crippen LogP contribution >= 0.6 is 0 Å². The van der Waals surface area contributed by atoms with Crippen LogP contribution in [0.1, 0.15) is 12.8 Å². The Balaban J connectivity index is 3.83. The number of carboxylic acid groups (broad SMARTS) is 1. The van der Waals surface area contributed by atoms with Crippen LogP contribution < -0.4 is 17.2 Å². The van der Waals surface area contributed by atoms with Crippen molar-refractivity contribution in [3.63, 3.8) is 0 Å². The summed E-state index contributed by atoms with van der Waals surface area (Å²) in [6, 6.07) is -1.29. The van der Waals surface area contributed by atoms with Crippen LogP contribution in [0.15, 0.2) is 4.99 Å². The summed E-state index contributed by atoms with van der Waals surface area (Å²) in [6.45, 7) is 0. The van der Waals surface area contributed by atoms with Crippen LogP contribution in [0.4, 0.5) is 0 Å². The van der Waals surface area contributed by atoms with E-state index in [0.717, 1.165) is 0 Å². The van der Waals surface area contributed by atoms with Gasteiger partial charge in [0.2, 0.25) is 0 Å². The van der Waals surface area contributed by atoms with Gasteiger partial charge in [0.25, 0.3) is 0 Å². The van der Waals surface area contributed by atoms with E-state index in [1.54, 1.807) is 0 Å². The summed E-state index contributed by atoms with van der Waals surface area (Å²) in [5, 5.41) is 8.46. The lowest BCUT2D eigenvalue weighted by Crippen LogP contribution is -2.39. The number of hydrogen-bond donors (Lipinski definition) is 4. The molecule has 0 saturated carbocycles. The molecule has 0 heterocycles. The van der Waals surface area contributed by atoms with Gasteiger partial charge in [0.05, 0.1) is 6.04 Å². The first-order chi connectivity index (χ1) is 5.99. The predicted molar refractivity (Wildman–Crippen MR) is 50.4 cm³/mol. The SMILES string of the molecule is CN=C(N)C(N)CC[C@@H](N)C(=O)O. The molecule has 0 amide bonds. The fourth-order valence-electron chi connectivity index (χ4n) is 0.796. The second-order valence-corrected chi connectivity index (χ2v) is 2.78. The largest absolute Gasteiger partial charge is 0.480 e. The third-order valence-electron chi connectivity index (χ3n) is 1.74. The maximum atomic E-state index is 10.3. The summed E-state index contributed by atoms with van der Waals surface area (Å²) in [5.74, 6) is -0.711. The van der Waals surface area contributed by atoms with Crippen molar-refractivity contribution in [1.29, 1.82) is 0 Å². The van der Waals surface area contributed by atoms with E-state index < -0.39 is 18.1 Å². The highest BCUT2D eigenvalue weighted by Crippen LogP contribution is 1.98. The molecule has 0 bridgehead atoms. The Hall–Kier alpha value is -1.14. The minimum absolute atomic E-state index is 0.298. The number of nitrogens with zero attached hydrogens (tertiary/aromatic N) is 1. The van der Waals surface area contributed by atoms with Crippen molar-refractivity contribution < 1.29 is 9.90 Å². The lowest BCUT2D eigenvalue weighted by molar-refractivity contribution is -0.138. The fraction of sp³-hybridized carbons (Fsp3) is 0.714. The van der Waals surface area contributed by atoms with E-state index in [0.29, 0.717) is 18.7 Å². The number of aliphatic imine (C=N–C) groups is 1. The Bertz CT molecular complexity index is 205. The second kappa shape index (κ2) is 5.50. The average molecular weight is 188 g/mol. The molecule has 0 fully saturated rings. The van der Waals surface area contributed by atoms with Crippen LogP contribution in [0.5, 0.6) is 0 Å². The maximum Gasteiger partial charge on any atom is 0.320 e. The number of carbonyl (C=O) groups is 1. The van der Waals surface area contributed by atoms with E-state index in [4.69, 9.17) is 22.3 Å². The standard InChI is InChI=1S/C7H16N4O2/c1-11-6(10)4(8)2-3-5(9)7(12)13/h4-5H,2-3,8-9H2,1H3,(H2,10,11)(H,12,13)/t4?,5-/m1/s1. The molecule has 0 aliphatic heterocycles. The molecular weight excluding hydrogens is 172 g/mol. The molecule has 2 atom stereocenters. The summed E-state index contributed by atoms with van der Waals surface area (Å²) < 4.78 is 0. The Kier molecular flexibility index (Phi) is 5.01. The summed E-state index contributed by atoms with van der Waals surface area (Å²) in [5.41, 5.74) is 16.3. The molecule has 0 aromatic carbocycles. The summed E-state index contributed by atoms with van der Waals surface area (Å²) in [7, 11) is 1.53. The molecule has 0 aliphatic rings. The monoisotopic (exact) mass is 188 g/mol. The van der Waals surface area contributed by atoms with Gasteiger partial charge in [-0.3, -0.25) is 9.79 Å². The van der Waals surface area contributed by atoms with Crippen molar-refractivity contribution in [3.05, 3.63) is 0 Å². The van der Waals surface area contributed by atoms with Gasteiger partial charge in [0, 0.05) is 7.05 Å². The minimum atomic E-state index is -1.03. The smallest absolute Gasteiger partial charge is 0.320 e. The van der Waals surface area contributed by atoms with Crippen LogP contribution in [0.2, 0.25) is 0 Å². The minimum Gasteiger partial charge on any atom is -0.480 e. The van der Waals surface area contributed by atoms with Gasteiger partial charge in [0.1, 0.15) is 11.9 Å². The van der Waals surface area contributed by atoms with Crippen molar-refractivity contribution >= 4 is 11.8 Å². The number of amidine groups is 1. The number of aliphatic carboxylic acids is 1. The van der Waals surface area contributed by atoms with E-state index in [-0.39, 0.29) is 0 Å². The molecule has 0 spiro atoms. The normalized spacial score (nSPS) is 16.7. The average Bonchev–Trinajstić information content (AvgIpc) is 2.11. The van der Waals surface area contributed by atoms with E-state index >= 15 is 0 Å². The zero-order valence-corrected chi connectivity index (χ0v) is 7.60. The van der Waals surface area contributed by atoms with Gasteiger partial charge in [-0.1, -0.05) is 0 Å². The summed E-state index contributed by atoms with van der Waals surface area (Å²) >= 11 is 0. The van der Waals surface area contributed by atoms with Crippen LogP contribution in [0.3, 0.4) is 0 Å². The topological polar surface area (TPSA) is 128 Å². The number of carboxylic acids is 1. The molecular formula is C7H16N4O2. The number of rotatable bonds is 5. The molecule has 0 aliphatic carbocycles. The van der Waals surface area contributed by atoms with Gasteiger partial charge in [-0.2, -0.15) is 0 Å². The molecule has 6 nitrogen and oxygen atoms in total. The highest BCUT2D eigenvalue weighted by Gasteiger charge is 2.14. The first kappa shape index (κ1) is 11.9. The van der Waals surface area contributed by atoms with Gasteiger partial charge in [-0.15, -0.1) is 0 Å². The highest BCUT2D eigenvalue weighted by molar-refractivity contribution is 5.85. The molecule has 76 valence electrons. The molecule has 0 saturated heterocycles. The van der Waals surface area contributed by atoms with Crippen LogP contribution in [0.25, 0.3) is 0 Å². The Labute approximate surface area is 76.8 Å². The van der Waals surface area contributed by atoms with E-state index in [9.17, 15) is 4.79 Å². The lowest BCUT2D eigenvalue weighted by Gasteiger charge is -2.11. The second-order valence-electron chi connectivity index (χ2n) is 2.78. The molecule has 0 rings (SSSR count). The quantitative estimate of drug-likeness (QED) is 0.308. The Morgan fingerprint density at radius 2 is 1.85 bits per heavy atom. The highest BCUT2D eigenvalue weighted by atomic mass is 16.4. The Morgan fingerprint density at radius 1 is 1.38 bits per heavy atom. The molecule has 7 N–H and O–H groups in total. The van der Waals surface area contributed by atoms with Gasteiger partial charge < -0.3 is 22.3 Å². The first-order valence-corrected chi connectivity index (χ1v) is 3.95. The van der Waals surface area contributed by atoms with Crippen LogP contribution in [0, 0.1) is 0 Å². The lowest BCUT2D eigenvalue weighted by atomic mass is 10.1. The van der Waals surface area contributed by atoms with Gasteiger partial charge >= 0.3 is 5.97 Å². The first-order valence-electron chi connectivity index (χ1n) is 3.95. The number of hydrogen-bond acceptors (Lipinski definition) is 4. The van der Waals surface area contributed by atoms with Crippen molar-refractivity contribution in [2.45, 2.75) is 24.9 Å². The van der Waals surface area contributed by atoms with E-state index in [1.165, 1.54) is 7.05 Å². The molecule has 1 unspecified atom stereocenters. The molecule has 0 aromatic rings. The molecule has 0 radical (unpaired) electrons. The third kappa shape index (κ3) is 4.44. The Morgan fingerprint density at radius 3 is 2.23 bits per heavy atom. The van der Waals surface area contributed by atoms with Gasteiger partial charge in [0.15, 0.2) is 0 Å². The number of nitrogens with two attached hydrogens (primary N) is 3. The van der Waals surface area contributed by atoms with Crippen LogP contribution in [-0.2, 0) is 4.79 Å². The van der Waals surface area contributed by atoms with Gasteiger partial charge in [-0.05, 0) is 12.8 Å². The van der Waals surface area contributed by atoms with E-state index in [2.05, 4.69) is 4.99 Å². The molecule has 0 aromatic heterocycles. The van der Waals surface area contributed by atoms with E-state index in [1.807, 2.05) is 0 Å². The van der Waals surface area contributed by atoms with Gasteiger partial charge in [-0.25, -0.2) is 0 Å². The van der Waals surface area contributed by atoms with Crippen molar-refractivity contribution in [1.82, 2.24) is 0 Å². The maximum absolute atomic E-state index is 10.3. The predicted octanol–water partition coefficient (Wildman–Crippen LogP) is -1.51. The van der Waals surface area contributed by atoms with Crippen LogP contribution in [-0.4, -0.2) is 36.0 Å². The third-order valence-corrected chi connectivity index (χ3v) is 1.74.